The van der Waals surface area contributed by atoms with E-state index in [1.165, 1.54) is 6.07 Å². The minimum Gasteiger partial charge on any atom is -0.490 e. The van der Waals surface area contributed by atoms with Gasteiger partial charge in [-0.05, 0) is 42.8 Å². The van der Waals surface area contributed by atoms with Gasteiger partial charge in [0, 0.05) is 87.6 Å². The predicted octanol–water partition coefficient (Wildman–Crippen LogP) is 4.33. The maximum absolute atomic E-state index is 14.4. The lowest BCUT2D eigenvalue weighted by Gasteiger charge is -2.33. The van der Waals surface area contributed by atoms with E-state index in [0.29, 0.717) is 37.2 Å². The number of likely N-dealkylation sites (tertiary alicyclic amines) is 1. The van der Waals surface area contributed by atoms with E-state index in [0.717, 1.165) is 68.3 Å². The van der Waals surface area contributed by atoms with Crippen molar-refractivity contribution in [3.63, 3.8) is 0 Å². The fraction of sp³-hybridized carbons (Fsp3) is 0.406. The molecule has 6 rings (SSSR count). The number of nitrogens with zero attached hydrogens (tertiary/aromatic N) is 2. The van der Waals surface area contributed by atoms with Crippen LogP contribution in [0.2, 0.25) is 0 Å². The van der Waals surface area contributed by atoms with Gasteiger partial charge >= 0.3 is 0 Å². The van der Waals surface area contributed by atoms with E-state index in [2.05, 4.69) is 15.5 Å². The van der Waals surface area contributed by atoms with Gasteiger partial charge in [-0.15, -0.1) is 0 Å². The highest BCUT2D eigenvalue weighted by atomic mass is 19.1. The first-order valence-corrected chi connectivity index (χ1v) is 14.4. The van der Waals surface area contributed by atoms with Crippen molar-refractivity contribution in [1.29, 1.82) is 0 Å². The number of anilines is 1. The Morgan fingerprint density at radius 2 is 1.60 bits per heavy atom. The molecule has 2 N–H and O–H groups in total. The highest BCUT2D eigenvalue weighted by Crippen LogP contribution is 2.33. The van der Waals surface area contributed by atoms with Crippen molar-refractivity contribution in [3.05, 3.63) is 78.1 Å². The van der Waals surface area contributed by atoms with E-state index >= 15 is 0 Å². The van der Waals surface area contributed by atoms with Gasteiger partial charge in [0.25, 0.3) is 5.91 Å². The quantitative estimate of drug-likeness (QED) is 0.462. The van der Waals surface area contributed by atoms with Crippen LogP contribution in [0.15, 0.2) is 66.7 Å². The Morgan fingerprint density at radius 3 is 2.35 bits per heavy atom. The predicted molar refractivity (Wildman–Crippen MR) is 155 cm³/mol. The molecule has 0 bridgehead atoms. The third-order valence-electron chi connectivity index (χ3n) is 7.99. The lowest BCUT2D eigenvalue weighted by molar-refractivity contribution is 0.0595. The second kappa shape index (κ2) is 12.3. The standard InChI is InChI=1S/C32H37FN4O3/c33-25-19-26(36-16-12-34-13-17-36)21-29(20-25)39-27-9-14-37(15-10-27)32(38)24-6-7-31(40-28-8-11-35-22-28)30(18-24)23-4-2-1-3-5-23/h1-7,18-21,27-28,34-35H,8-17,22H2/t28-/m0/s1. The summed E-state index contributed by atoms with van der Waals surface area (Å²) in [6, 6.07) is 20.8. The topological polar surface area (TPSA) is 66.1 Å². The molecule has 3 aromatic rings. The van der Waals surface area contributed by atoms with Gasteiger partial charge in [0.05, 0.1) is 0 Å². The lowest BCUT2D eigenvalue weighted by Crippen LogP contribution is -2.43. The minimum atomic E-state index is -0.288. The van der Waals surface area contributed by atoms with E-state index in [4.69, 9.17) is 9.47 Å². The zero-order chi connectivity index (χ0) is 27.3. The fourth-order valence-electron chi connectivity index (χ4n) is 5.79. The van der Waals surface area contributed by atoms with Gasteiger partial charge in [-0.1, -0.05) is 30.3 Å². The summed E-state index contributed by atoms with van der Waals surface area (Å²) in [4.78, 5) is 17.6. The Bertz CT molecular complexity index is 1300. The number of hydrogen-bond donors (Lipinski definition) is 2. The van der Waals surface area contributed by atoms with E-state index in [-0.39, 0.29) is 23.9 Å². The number of halogens is 1. The molecular weight excluding hydrogens is 507 g/mol. The van der Waals surface area contributed by atoms with Gasteiger partial charge in [-0.25, -0.2) is 4.39 Å². The molecule has 0 saturated carbocycles. The van der Waals surface area contributed by atoms with Crippen LogP contribution in [0.25, 0.3) is 11.1 Å². The number of piperazine rings is 1. The Morgan fingerprint density at radius 1 is 0.800 bits per heavy atom. The molecule has 3 aliphatic heterocycles. The summed E-state index contributed by atoms with van der Waals surface area (Å²) in [5.74, 6) is 1.08. The van der Waals surface area contributed by atoms with Crippen molar-refractivity contribution in [2.24, 2.45) is 0 Å². The van der Waals surface area contributed by atoms with Crippen molar-refractivity contribution in [1.82, 2.24) is 15.5 Å². The van der Waals surface area contributed by atoms with Gasteiger partial charge in [0.1, 0.15) is 29.5 Å². The minimum absolute atomic E-state index is 0.0106. The molecule has 3 aromatic carbocycles. The molecule has 7 nitrogen and oxygen atoms in total. The molecule has 1 atom stereocenters. The van der Waals surface area contributed by atoms with Crippen LogP contribution in [0, 0.1) is 5.82 Å². The van der Waals surface area contributed by atoms with Gasteiger partial charge < -0.3 is 29.9 Å². The van der Waals surface area contributed by atoms with Crippen LogP contribution in [-0.4, -0.2) is 75.4 Å². The first-order valence-electron chi connectivity index (χ1n) is 14.4. The fourth-order valence-corrected chi connectivity index (χ4v) is 5.79. The highest BCUT2D eigenvalue weighted by molar-refractivity contribution is 5.96. The number of amides is 1. The van der Waals surface area contributed by atoms with Crippen molar-refractivity contribution in [2.75, 3.05) is 57.3 Å². The summed E-state index contributed by atoms with van der Waals surface area (Å²) in [7, 11) is 0. The lowest BCUT2D eigenvalue weighted by atomic mass is 10.00. The molecular formula is C32H37FN4O3. The van der Waals surface area contributed by atoms with Crippen molar-refractivity contribution in [3.8, 4) is 22.6 Å². The average Bonchev–Trinajstić information content (AvgIpc) is 3.51. The van der Waals surface area contributed by atoms with E-state index < -0.39 is 0 Å². The van der Waals surface area contributed by atoms with Crippen LogP contribution in [0.1, 0.15) is 29.6 Å². The van der Waals surface area contributed by atoms with Crippen molar-refractivity contribution >= 4 is 11.6 Å². The van der Waals surface area contributed by atoms with Crippen LogP contribution < -0.4 is 25.0 Å². The molecule has 1 amide bonds. The maximum atomic E-state index is 14.4. The van der Waals surface area contributed by atoms with Crippen molar-refractivity contribution < 1.29 is 18.7 Å². The number of carbonyl (C=O) groups excluding carboxylic acids is 1. The Labute approximate surface area is 235 Å². The molecule has 3 fully saturated rings. The van der Waals surface area contributed by atoms with Gasteiger partial charge in [-0.3, -0.25) is 4.79 Å². The number of nitrogens with one attached hydrogen (secondary N) is 2. The average molecular weight is 545 g/mol. The summed E-state index contributed by atoms with van der Waals surface area (Å²) in [5, 5.41) is 6.67. The number of carbonyl (C=O) groups is 1. The molecule has 3 aliphatic rings. The van der Waals surface area contributed by atoms with E-state index in [1.807, 2.05) is 59.5 Å². The summed E-state index contributed by atoms with van der Waals surface area (Å²) < 4.78 is 26.9. The Kier molecular flexibility index (Phi) is 8.16. The summed E-state index contributed by atoms with van der Waals surface area (Å²) >= 11 is 0. The molecule has 0 aliphatic carbocycles. The van der Waals surface area contributed by atoms with E-state index in [1.54, 1.807) is 6.07 Å². The largest absolute Gasteiger partial charge is 0.490 e. The smallest absolute Gasteiger partial charge is 0.253 e. The van der Waals surface area contributed by atoms with Gasteiger partial charge in [0.2, 0.25) is 0 Å². The third-order valence-corrected chi connectivity index (χ3v) is 7.99. The van der Waals surface area contributed by atoms with Crippen molar-refractivity contribution in [2.45, 2.75) is 31.5 Å². The Balaban J connectivity index is 1.11. The summed E-state index contributed by atoms with van der Waals surface area (Å²) in [6.45, 7) is 6.45. The van der Waals surface area contributed by atoms with Crippen LogP contribution in [0.3, 0.4) is 0 Å². The zero-order valence-electron chi connectivity index (χ0n) is 22.8. The number of rotatable bonds is 7. The second-order valence-electron chi connectivity index (χ2n) is 10.8. The first-order chi connectivity index (χ1) is 19.6. The number of benzene rings is 3. The maximum Gasteiger partial charge on any atom is 0.253 e. The molecule has 210 valence electrons. The second-order valence-corrected chi connectivity index (χ2v) is 10.8. The Hall–Kier alpha value is -3.62. The molecule has 0 unspecified atom stereocenters. The zero-order valence-corrected chi connectivity index (χ0v) is 22.8. The molecule has 0 radical (unpaired) electrons. The number of piperidine rings is 1. The first kappa shape index (κ1) is 26.6. The molecule has 3 saturated heterocycles. The van der Waals surface area contributed by atoms with Gasteiger partial charge in [-0.2, -0.15) is 0 Å². The van der Waals surface area contributed by atoms with Gasteiger partial charge in [0.15, 0.2) is 0 Å². The van der Waals surface area contributed by atoms with Crippen LogP contribution >= 0.6 is 0 Å². The molecule has 3 heterocycles. The van der Waals surface area contributed by atoms with Crippen LogP contribution in [0.5, 0.6) is 11.5 Å². The number of ether oxygens (including phenoxy) is 2. The van der Waals surface area contributed by atoms with Crippen LogP contribution in [-0.2, 0) is 0 Å². The third kappa shape index (κ3) is 6.24. The molecule has 40 heavy (non-hydrogen) atoms. The molecule has 8 heteroatoms. The van der Waals surface area contributed by atoms with E-state index in [9.17, 15) is 9.18 Å². The molecule has 0 aromatic heterocycles. The SMILES string of the molecule is O=C(c1ccc(O[C@H]2CCNC2)c(-c2ccccc2)c1)N1CCC(Oc2cc(F)cc(N3CCNCC3)c2)CC1. The number of hydrogen-bond acceptors (Lipinski definition) is 6. The molecule has 0 spiro atoms. The van der Waals surface area contributed by atoms with Crippen LogP contribution in [0.4, 0.5) is 10.1 Å². The normalized spacial score (nSPS) is 20.0. The summed E-state index contributed by atoms with van der Waals surface area (Å²) in [5.41, 5.74) is 3.47. The summed E-state index contributed by atoms with van der Waals surface area (Å²) in [6.07, 6.45) is 2.45. The monoisotopic (exact) mass is 544 g/mol. The highest BCUT2D eigenvalue weighted by Gasteiger charge is 2.26.